The topological polar surface area (TPSA) is 75.7 Å². The van der Waals surface area contributed by atoms with Gasteiger partial charge in [-0.2, -0.15) is 0 Å². The number of halogens is 2. The molecule has 1 heterocycles. The molecule has 0 aromatic heterocycles. The van der Waals surface area contributed by atoms with Gasteiger partial charge in [0.1, 0.15) is 6.54 Å². The highest BCUT2D eigenvalue weighted by molar-refractivity contribution is 8.18. The van der Waals surface area contributed by atoms with Crippen LogP contribution >= 0.6 is 35.0 Å². The minimum atomic E-state index is -0.521. The van der Waals surface area contributed by atoms with E-state index >= 15 is 0 Å². The summed E-state index contributed by atoms with van der Waals surface area (Å²) in [5.74, 6) is -0.524. The highest BCUT2D eigenvalue weighted by Crippen LogP contribution is 2.37. The number of nitrogens with one attached hydrogen (secondary N) is 1. The molecule has 1 aliphatic heterocycles. The molecule has 1 aliphatic rings. The third-order valence-electron chi connectivity index (χ3n) is 3.35. The third-order valence-corrected chi connectivity index (χ3v) is 4.82. The molecule has 3 amide bonds. The second kappa shape index (κ2) is 9.30. The van der Waals surface area contributed by atoms with E-state index in [1.165, 1.54) is 6.08 Å². The van der Waals surface area contributed by atoms with Gasteiger partial charge in [0.15, 0.2) is 5.75 Å². The Morgan fingerprint density at radius 2 is 1.92 bits per heavy atom. The largest absolute Gasteiger partial charge is 0.491 e. The number of imide groups is 1. The Kier molecular flexibility index (Phi) is 7.37. The molecule has 1 aromatic rings. The number of benzene rings is 1. The molecule has 0 aliphatic carbocycles. The van der Waals surface area contributed by atoms with Crippen LogP contribution in [-0.4, -0.2) is 41.6 Å². The molecule has 0 atom stereocenters. The van der Waals surface area contributed by atoms with E-state index in [4.69, 9.17) is 27.9 Å². The second-order valence-corrected chi connectivity index (χ2v) is 7.17. The van der Waals surface area contributed by atoms with Crippen molar-refractivity contribution in [3.8, 4) is 5.75 Å². The van der Waals surface area contributed by atoms with Crippen molar-refractivity contribution in [2.75, 3.05) is 19.7 Å². The molecule has 2 rings (SSSR count). The molecule has 140 valence electrons. The molecule has 6 nitrogen and oxygen atoms in total. The number of hydrogen-bond donors (Lipinski definition) is 1. The van der Waals surface area contributed by atoms with Crippen molar-refractivity contribution in [3.63, 3.8) is 0 Å². The fourth-order valence-electron chi connectivity index (χ4n) is 2.20. The molecule has 26 heavy (non-hydrogen) atoms. The van der Waals surface area contributed by atoms with Gasteiger partial charge >= 0.3 is 0 Å². The minimum absolute atomic E-state index is 0.203. The Hall–Kier alpha value is -1.70. The summed E-state index contributed by atoms with van der Waals surface area (Å²) >= 11 is 13.1. The fourth-order valence-corrected chi connectivity index (χ4v) is 3.65. The first-order valence-electron chi connectivity index (χ1n) is 8.01. The van der Waals surface area contributed by atoms with Crippen LogP contribution in [-0.2, 0) is 9.59 Å². The summed E-state index contributed by atoms with van der Waals surface area (Å²) < 4.78 is 5.36. The average Bonchev–Trinajstić information content (AvgIpc) is 2.84. The maximum atomic E-state index is 12.4. The van der Waals surface area contributed by atoms with Gasteiger partial charge in [0.2, 0.25) is 5.91 Å². The van der Waals surface area contributed by atoms with Crippen LogP contribution in [0.4, 0.5) is 4.79 Å². The minimum Gasteiger partial charge on any atom is -0.491 e. The first kappa shape index (κ1) is 20.6. The summed E-state index contributed by atoms with van der Waals surface area (Å²) in [6, 6.07) is 3.20. The predicted molar refractivity (Wildman–Crippen MR) is 104 cm³/mol. The predicted octanol–water partition coefficient (Wildman–Crippen LogP) is 3.95. The van der Waals surface area contributed by atoms with Crippen molar-refractivity contribution in [3.05, 3.63) is 32.6 Å². The zero-order chi connectivity index (χ0) is 19.3. The first-order chi connectivity index (χ1) is 12.4. The zero-order valence-electron chi connectivity index (χ0n) is 14.3. The summed E-state index contributed by atoms with van der Waals surface area (Å²) in [5, 5.41) is 2.76. The smallest absolute Gasteiger partial charge is 0.294 e. The molecule has 1 aromatic carbocycles. The van der Waals surface area contributed by atoms with E-state index in [0.717, 1.165) is 23.1 Å². The van der Waals surface area contributed by atoms with Crippen LogP contribution in [0.25, 0.3) is 6.08 Å². The van der Waals surface area contributed by atoms with Crippen LogP contribution in [0.2, 0.25) is 10.0 Å². The van der Waals surface area contributed by atoms with Gasteiger partial charge < -0.3 is 10.1 Å². The van der Waals surface area contributed by atoms with Gasteiger partial charge in [-0.05, 0) is 48.9 Å². The summed E-state index contributed by atoms with van der Waals surface area (Å²) in [5.41, 5.74) is 0.560. The van der Waals surface area contributed by atoms with Crippen molar-refractivity contribution in [1.29, 1.82) is 0 Å². The summed E-state index contributed by atoms with van der Waals surface area (Å²) in [6.07, 6.45) is 2.29. The maximum absolute atomic E-state index is 12.4. The van der Waals surface area contributed by atoms with E-state index < -0.39 is 11.1 Å². The summed E-state index contributed by atoms with van der Waals surface area (Å²) in [7, 11) is 0. The third kappa shape index (κ3) is 4.93. The normalized spacial score (nSPS) is 15.7. The van der Waals surface area contributed by atoms with Gasteiger partial charge in [-0.15, -0.1) is 0 Å². The van der Waals surface area contributed by atoms with Crippen LogP contribution in [0.1, 0.15) is 25.8 Å². The molecule has 1 fully saturated rings. The standard InChI is InChI=1S/C17H18Cl2N2O4S/c1-3-5-20-14(22)9-21-16(23)13(26-17(21)24)8-10-6-11(18)15(25-4-2)12(19)7-10/h6-8H,3-5,9H2,1-2H3,(H,20,22)/b13-8-. The molecule has 0 bridgehead atoms. The van der Waals surface area contributed by atoms with E-state index in [0.29, 0.717) is 34.5 Å². The Labute approximate surface area is 165 Å². The number of thioether (sulfide) groups is 1. The quantitative estimate of drug-likeness (QED) is 0.680. The molecule has 0 radical (unpaired) electrons. The molecule has 0 spiro atoms. The first-order valence-corrected chi connectivity index (χ1v) is 9.58. The lowest BCUT2D eigenvalue weighted by molar-refractivity contribution is -0.129. The van der Waals surface area contributed by atoms with E-state index in [2.05, 4.69) is 5.32 Å². The fraction of sp³-hybridized carbons (Fsp3) is 0.353. The Balaban J connectivity index is 2.18. The highest BCUT2D eigenvalue weighted by atomic mass is 35.5. The lowest BCUT2D eigenvalue weighted by Crippen LogP contribution is -2.39. The maximum Gasteiger partial charge on any atom is 0.294 e. The van der Waals surface area contributed by atoms with E-state index in [1.807, 2.05) is 13.8 Å². The number of hydrogen-bond acceptors (Lipinski definition) is 5. The lowest BCUT2D eigenvalue weighted by Gasteiger charge is -2.12. The van der Waals surface area contributed by atoms with E-state index in [1.54, 1.807) is 12.1 Å². The van der Waals surface area contributed by atoms with Gasteiger partial charge in [0.05, 0.1) is 21.6 Å². The summed E-state index contributed by atoms with van der Waals surface area (Å²) in [4.78, 5) is 37.3. The van der Waals surface area contributed by atoms with Crippen LogP contribution in [0.15, 0.2) is 17.0 Å². The van der Waals surface area contributed by atoms with Crippen molar-refractivity contribution in [2.24, 2.45) is 0 Å². The van der Waals surface area contributed by atoms with Crippen LogP contribution in [0.5, 0.6) is 5.75 Å². The zero-order valence-corrected chi connectivity index (χ0v) is 16.6. The van der Waals surface area contributed by atoms with Crippen LogP contribution < -0.4 is 10.1 Å². The number of carbonyl (C=O) groups excluding carboxylic acids is 3. The van der Waals surface area contributed by atoms with Crippen molar-refractivity contribution < 1.29 is 19.1 Å². The SMILES string of the molecule is CCCNC(=O)CN1C(=O)S/C(=C\c2cc(Cl)c(OCC)c(Cl)c2)C1=O. The van der Waals surface area contributed by atoms with Crippen molar-refractivity contribution >= 4 is 58.1 Å². The summed E-state index contributed by atoms with van der Waals surface area (Å²) in [6.45, 7) is 4.34. The van der Waals surface area contributed by atoms with Gasteiger partial charge in [0, 0.05) is 6.54 Å². The monoisotopic (exact) mass is 416 g/mol. The molecule has 9 heteroatoms. The van der Waals surface area contributed by atoms with Gasteiger partial charge in [-0.1, -0.05) is 30.1 Å². The highest BCUT2D eigenvalue weighted by Gasteiger charge is 2.36. The van der Waals surface area contributed by atoms with E-state index in [-0.39, 0.29) is 17.4 Å². The molecule has 1 N–H and O–H groups in total. The lowest BCUT2D eigenvalue weighted by atomic mass is 10.2. The van der Waals surface area contributed by atoms with Crippen molar-refractivity contribution in [1.82, 2.24) is 10.2 Å². The van der Waals surface area contributed by atoms with Gasteiger partial charge in [-0.25, -0.2) is 0 Å². The van der Waals surface area contributed by atoms with Gasteiger partial charge in [0.25, 0.3) is 11.1 Å². The molecule has 1 saturated heterocycles. The number of amides is 3. The Morgan fingerprint density at radius 1 is 1.27 bits per heavy atom. The number of nitrogens with zero attached hydrogens (tertiary/aromatic N) is 1. The molecular formula is C17H18Cl2N2O4S. The van der Waals surface area contributed by atoms with Crippen LogP contribution in [0.3, 0.4) is 0 Å². The van der Waals surface area contributed by atoms with Crippen molar-refractivity contribution in [2.45, 2.75) is 20.3 Å². The Morgan fingerprint density at radius 3 is 2.50 bits per heavy atom. The van der Waals surface area contributed by atoms with Crippen LogP contribution in [0, 0.1) is 0 Å². The second-order valence-electron chi connectivity index (χ2n) is 5.36. The average molecular weight is 417 g/mol. The molecular weight excluding hydrogens is 399 g/mol. The molecule has 0 unspecified atom stereocenters. The number of rotatable bonds is 7. The van der Waals surface area contributed by atoms with Gasteiger partial charge in [-0.3, -0.25) is 19.3 Å². The Bertz CT molecular complexity index is 744. The number of ether oxygens (including phenoxy) is 1. The van der Waals surface area contributed by atoms with E-state index in [9.17, 15) is 14.4 Å². The number of carbonyl (C=O) groups is 3. The molecule has 0 saturated carbocycles.